The fourth-order valence-corrected chi connectivity index (χ4v) is 3.54. The highest BCUT2D eigenvalue weighted by Crippen LogP contribution is 2.37. The van der Waals surface area contributed by atoms with Gasteiger partial charge in [-0.1, -0.05) is 0 Å². The van der Waals surface area contributed by atoms with Crippen LogP contribution in [0.15, 0.2) is 36.9 Å². The number of piperidine rings is 1. The first-order valence-electron chi connectivity index (χ1n) is 8.62. The van der Waals surface area contributed by atoms with E-state index >= 15 is 0 Å². The first-order valence-corrected chi connectivity index (χ1v) is 8.62. The Balaban J connectivity index is 1.34. The highest BCUT2D eigenvalue weighted by atomic mass is 19.1. The zero-order valence-electron chi connectivity index (χ0n) is 14.2. The standard InChI is InChI=1S/C18H19FN4O3/c19-14-2-1-6-21-16(14)26-13-10-18(25-11-13)4-8-23(9-5-18)17(24)15-3-7-20-12-22-15/h1-3,6-7,12-13H,4-5,8-11H2. The summed E-state index contributed by atoms with van der Waals surface area (Å²) in [6.07, 6.45) is 6.30. The van der Waals surface area contributed by atoms with E-state index in [1.807, 2.05) is 0 Å². The van der Waals surface area contributed by atoms with Gasteiger partial charge in [-0.2, -0.15) is 0 Å². The fraction of sp³-hybridized carbons (Fsp3) is 0.444. The van der Waals surface area contributed by atoms with Crippen molar-refractivity contribution < 1.29 is 18.7 Å². The Morgan fingerprint density at radius 1 is 1.27 bits per heavy atom. The molecule has 1 spiro atoms. The van der Waals surface area contributed by atoms with Crippen LogP contribution < -0.4 is 4.74 Å². The van der Waals surface area contributed by atoms with Crippen molar-refractivity contribution in [2.45, 2.75) is 31.0 Å². The number of carbonyl (C=O) groups is 1. The van der Waals surface area contributed by atoms with Gasteiger partial charge in [0.05, 0.1) is 12.2 Å². The van der Waals surface area contributed by atoms with Gasteiger partial charge in [0, 0.05) is 31.9 Å². The molecular weight excluding hydrogens is 339 g/mol. The van der Waals surface area contributed by atoms with Gasteiger partial charge in [-0.15, -0.1) is 0 Å². The zero-order chi connectivity index (χ0) is 18.0. The SMILES string of the molecule is O=C(c1ccncn1)N1CCC2(CC1)CC(Oc1ncccc1F)CO2. The topological polar surface area (TPSA) is 77.4 Å². The average Bonchev–Trinajstić information content (AvgIpc) is 3.06. The summed E-state index contributed by atoms with van der Waals surface area (Å²) in [5.74, 6) is -0.558. The number of nitrogens with zero attached hydrogens (tertiary/aromatic N) is 4. The van der Waals surface area contributed by atoms with Crippen LogP contribution in [0.4, 0.5) is 4.39 Å². The van der Waals surface area contributed by atoms with E-state index in [1.54, 1.807) is 17.2 Å². The average molecular weight is 358 g/mol. The normalized spacial score (nSPS) is 21.7. The minimum Gasteiger partial charge on any atom is -0.470 e. The molecule has 2 aliphatic rings. The van der Waals surface area contributed by atoms with Crippen LogP contribution in [-0.4, -0.2) is 57.2 Å². The van der Waals surface area contributed by atoms with Gasteiger partial charge in [0.1, 0.15) is 18.1 Å². The summed E-state index contributed by atoms with van der Waals surface area (Å²) in [6, 6.07) is 4.47. The third-order valence-corrected chi connectivity index (χ3v) is 4.94. The number of aromatic nitrogens is 3. The predicted molar refractivity (Wildman–Crippen MR) is 89.1 cm³/mol. The number of amides is 1. The maximum atomic E-state index is 13.7. The van der Waals surface area contributed by atoms with Crippen LogP contribution in [0, 0.1) is 5.82 Å². The monoisotopic (exact) mass is 358 g/mol. The quantitative estimate of drug-likeness (QED) is 0.833. The van der Waals surface area contributed by atoms with Gasteiger partial charge in [0.25, 0.3) is 11.8 Å². The lowest BCUT2D eigenvalue weighted by Gasteiger charge is -2.38. The van der Waals surface area contributed by atoms with Crippen molar-refractivity contribution in [3.63, 3.8) is 0 Å². The molecule has 2 saturated heterocycles. The number of halogens is 1. The summed E-state index contributed by atoms with van der Waals surface area (Å²) in [5.41, 5.74) is 0.0772. The van der Waals surface area contributed by atoms with E-state index in [1.165, 1.54) is 24.7 Å². The van der Waals surface area contributed by atoms with Crippen molar-refractivity contribution in [2.24, 2.45) is 0 Å². The molecule has 0 saturated carbocycles. The molecule has 0 aliphatic carbocycles. The number of pyridine rings is 1. The van der Waals surface area contributed by atoms with Gasteiger partial charge >= 0.3 is 0 Å². The van der Waals surface area contributed by atoms with Gasteiger partial charge in [-0.05, 0) is 31.0 Å². The molecule has 2 aromatic rings. The van der Waals surface area contributed by atoms with E-state index in [4.69, 9.17) is 9.47 Å². The summed E-state index contributed by atoms with van der Waals surface area (Å²) < 4.78 is 25.4. The lowest BCUT2D eigenvalue weighted by atomic mass is 9.88. The molecule has 2 aliphatic heterocycles. The molecule has 0 radical (unpaired) electrons. The van der Waals surface area contributed by atoms with E-state index in [-0.39, 0.29) is 23.5 Å². The lowest BCUT2D eigenvalue weighted by molar-refractivity contribution is -0.0397. The van der Waals surface area contributed by atoms with Crippen molar-refractivity contribution in [2.75, 3.05) is 19.7 Å². The first-order chi connectivity index (χ1) is 12.7. The second-order valence-corrected chi connectivity index (χ2v) is 6.62. The zero-order valence-corrected chi connectivity index (χ0v) is 14.2. The number of rotatable bonds is 3. The predicted octanol–water partition coefficient (Wildman–Crippen LogP) is 1.85. The van der Waals surface area contributed by atoms with Crippen LogP contribution in [0.1, 0.15) is 29.8 Å². The van der Waals surface area contributed by atoms with Crippen LogP contribution in [-0.2, 0) is 4.74 Å². The van der Waals surface area contributed by atoms with E-state index < -0.39 is 5.82 Å². The summed E-state index contributed by atoms with van der Waals surface area (Å²) in [5, 5.41) is 0. The third-order valence-electron chi connectivity index (χ3n) is 4.94. The van der Waals surface area contributed by atoms with Gasteiger partial charge < -0.3 is 14.4 Å². The molecule has 26 heavy (non-hydrogen) atoms. The van der Waals surface area contributed by atoms with Crippen molar-refractivity contribution in [3.8, 4) is 5.88 Å². The van der Waals surface area contributed by atoms with Crippen LogP contribution in [0.5, 0.6) is 5.88 Å². The number of hydrogen-bond acceptors (Lipinski definition) is 6. The summed E-state index contributed by atoms with van der Waals surface area (Å²) >= 11 is 0. The molecule has 7 nitrogen and oxygen atoms in total. The van der Waals surface area contributed by atoms with Gasteiger partial charge in [0.15, 0.2) is 5.82 Å². The Labute approximate surface area is 150 Å². The van der Waals surface area contributed by atoms with Crippen LogP contribution in [0.2, 0.25) is 0 Å². The van der Waals surface area contributed by atoms with Crippen LogP contribution in [0.25, 0.3) is 0 Å². The number of likely N-dealkylation sites (tertiary alicyclic amines) is 1. The fourth-order valence-electron chi connectivity index (χ4n) is 3.54. The Hall–Kier alpha value is -2.61. The van der Waals surface area contributed by atoms with E-state index in [0.29, 0.717) is 44.7 Å². The minimum atomic E-state index is -0.473. The summed E-state index contributed by atoms with van der Waals surface area (Å²) in [7, 11) is 0. The van der Waals surface area contributed by atoms with Crippen molar-refractivity contribution >= 4 is 5.91 Å². The summed E-state index contributed by atoms with van der Waals surface area (Å²) in [4.78, 5) is 26.0. The molecule has 4 rings (SSSR count). The first kappa shape index (κ1) is 16.8. The Morgan fingerprint density at radius 3 is 2.85 bits per heavy atom. The van der Waals surface area contributed by atoms with E-state index in [9.17, 15) is 9.18 Å². The van der Waals surface area contributed by atoms with E-state index in [0.717, 1.165) is 0 Å². The molecular formula is C18H19FN4O3. The number of carbonyl (C=O) groups excluding carboxylic acids is 1. The molecule has 8 heteroatoms. The second kappa shape index (κ2) is 6.95. The minimum absolute atomic E-state index is 0.00882. The molecule has 1 atom stereocenters. The molecule has 1 amide bonds. The van der Waals surface area contributed by atoms with Gasteiger partial charge in [-0.25, -0.2) is 19.3 Å². The van der Waals surface area contributed by atoms with Crippen LogP contribution in [0.3, 0.4) is 0 Å². The molecule has 0 aromatic carbocycles. The smallest absolute Gasteiger partial charge is 0.272 e. The highest BCUT2D eigenvalue weighted by molar-refractivity contribution is 5.92. The largest absolute Gasteiger partial charge is 0.470 e. The molecule has 4 heterocycles. The van der Waals surface area contributed by atoms with Crippen molar-refractivity contribution in [3.05, 3.63) is 48.4 Å². The van der Waals surface area contributed by atoms with Gasteiger partial charge in [0.2, 0.25) is 0 Å². The molecule has 0 N–H and O–H groups in total. The number of hydrogen-bond donors (Lipinski definition) is 0. The van der Waals surface area contributed by atoms with Gasteiger partial charge in [-0.3, -0.25) is 4.79 Å². The van der Waals surface area contributed by atoms with E-state index in [2.05, 4.69) is 15.0 Å². The maximum absolute atomic E-state index is 13.7. The third kappa shape index (κ3) is 3.37. The molecule has 0 bridgehead atoms. The molecule has 136 valence electrons. The second-order valence-electron chi connectivity index (χ2n) is 6.62. The van der Waals surface area contributed by atoms with Crippen molar-refractivity contribution in [1.29, 1.82) is 0 Å². The van der Waals surface area contributed by atoms with Crippen molar-refractivity contribution in [1.82, 2.24) is 19.9 Å². The summed E-state index contributed by atoms with van der Waals surface area (Å²) in [6.45, 7) is 1.58. The molecule has 2 fully saturated rings. The maximum Gasteiger partial charge on any atom is 0.272 e. The molecule has 1 unspecified atom stereocenters. The Bertz CT molecular complexity index is 781. The lowest BCUT2D eigenvalue weighted by Crippen LogP contribution is -2.46. The number of ether oxygens (including phenoxy) is 2. The Kier molecular flexibility index (Phi) is 4.50. The highest BCUT2D eigenvalue weighted by Gasteiger charge is 2.44. The molecule has 2 aromatic heterocycles. The van der Waals surface area contributed by atoms with Crippen LogP contribution >= 0.6 is 0 Å². The Morgan fingerprint density at radius 2 is 2.12 bits per heavy atom.